The zero-order valence-electron chi connectivity index (χ0n) is 27.0. The molecule has 0 saturated carbocycles. The van der Waals surface area contributed by atoms with Crippen LogP contribution in [-0.2, 0) is 20.9 Å². The van der Waals surface area contributed by atoms with Crippen LogP contribution in [-0.4, -0.2) is 60.1 Å². The van der Waals surface area contributed by atoms with Gasteiger partial charge in [0.15, 0.2) is 0 Å². The fourth-order valence-corrected chi connectivity index (χ4v) is 5.30. The summed E-state index contributed by atoms with van der Waals surface area (Å²) in [7, 11) is 0. The Labute approximate surface area is 276 Å². The number of carboxylic acids is 1. The zero-order chi connectivity index (χ0) is 33.4. The number of carboxylic acid groups (broad SMARTS) is 1. The lowest BCUT2D eigenvalue weighted by Crippen LogP contribution is -2.35. The maximum Gasteiger partial charge on any atom is 0.343 e. The first kappa shape index (κ1) is 35.2. The summed E-state index contributed by atoms with van der Waals surface area (Å²) in [6, 6.07) is 19.8. The number of anilines is 1. The molecule has 0 bridgehead atoms. The quantitative estimate of drug-likeness (QED) is 0.0939. The average Bonchev–Trinajstić information content (AvgIpc) is 3.07. The molecule has 1 aliphatic rings. The lowest BCUT2D eigenvalue weighted by molar-refractivity contribution is -0.137. The molecule has 10 nitrogen and oxygen atoms in total. The van der Waals surface area contributed by atoms with Gasteiger partial charge in [0, 0.05) is 37.4 Å². The summed E-state index contributed by atoms with van der Waals surface area (Å²) in [5.74, 6) is -0.917. The number of amides is 2. The van der Waals surface area contributed by atoms with Gasteiger partial charge in [-0.1, -0.05) is 44.7 Å². The Kier molecular flexibility index (Phi) is 13.8. The maximum atomic E-state index is 13.3. The van der Waals surface area contributed by atoms with Gasteiger partial charge in [-0.2, -0.15) is 0 Å². The maximum absolute atomic E-state index is 13.3. The number of rotatable bonds is 17. The Bertz CT molecular complexity index is 1450. The van der Waals surface area contributed by atoms with E-state index in [1.807, 2.05) is 0 Å². The predicted octanol–water partition coefficient (Wildman–Crippen LogP) is 6.74. The summed E-state index contributed by atoms with van der Waals surface area (Å²) in [6.45, 7) is 3.69. The van der Waals surface area contributed by atoms with E-state index in [1.54, 1.807) is 72.8 Å². The minimum atomic E-state index is -1.15. The highest BCUT2D eigenvalue weighted by Gasteiger charge is 2.21. The van der Waals surface area contributed by atoms with Crippen LogP contribution in [0.15, 0.2) is 72.8 Å². The van der Waals surface area contributed by atoms with Gasteiger partial charge in [0.1, 0.15) is 18.0 Å². The molecule has 47 heavy (non-hydrogen) atoms. The molecule has 1 saturated heterocycles. The summed E-state index contributed by atoms with van der Waals surface area (Å²) < 4.78 is 16.6. The minimum absolute atomic E-state index is 0.0308. The van der Waals surface area contributed by atoms with E-state index in [2.05, 4.69) is 12.2 Å². The summed E-state index contributed by atoms with van der Waals surface area (Å²) in [4.78, 5) is 51.2. The smallest absolute Gasteiger partial charge is 0.343 e. The monoisotopic (exact) mass is 644 g/mol. The predicted molar refractivity (Wildman–Crippen MR) is 178 cm³/mol. The molecular weight excluding hydrogens is 600 g/mol. The molecule has 0 aromatic heterocycles. The molecular formula is C37H44N2O8. The number of benzene rings is 3. The van der Waals surface area contributed by atoms with E-state index >= 15 is 0 Å². The molecule has 1 aliphatic heterocycles. The summed E-state index contributed by atoms with van der Waals surface area (Å²) >= 11 is 0. The van der Waals surface area contributed by atoms with Gasteiger partial charge in [0.05, 0.1) is 12.2 Å². The van der Waals surface area contributed by atoms with Crippen molar-refractivity contribution < 1.29 is 38.5 Å². The number of hydrogen-bond donors (Lipinski definition) is 2. The van der Waals surface area contributed by atoms with Crippen molar-refractivity contribution in [3.63, 3.8) is 0 Å². The molecule has 2 amide bonds. The van der Waals surface area contributed by atoms with E-state index in [0.29, 0.717) is 66.0 Å². The molecule has 1 fully saturated rings. The molecule has 4 rings (SSSR count). The summed E-state index contributed by atoms with van der Waals surface area (Å²) in [5, 5.41) is 12.3. The van der Waals surface area contributed by atoms with E-state index in [1.165, 1.54) is 24.2 Å². The van der Waals surface area contributed by atoms with E-state index in [-0.39, 0.29) is 12.5 Å². The molecule has 0 atom stereocenters. The Morgan fingerprint density at radius 3 is 2.13 bits per heavy atom. The van der Waals surface area contributed by atoms with E-state index in [0.717, 1.165) is 25.7 Å². The number of hydrogen-bond acceptors (Lipinski definition) is 7. The van der Waals surface area contributed by atoms with Crippen LogP contribution in [0.4, 0.5) is 5.69 Å². The van der Waals surface area contributed by atoms with Crippen LogP contribution in [0.3, 0.4) is 0 Å². The van der Waals surface area contributed by atoms with E-state index < -0.39 is 24.4 Å². The largest absolute Gasteiger partial charge is 0.494 e. The lowest BCUT2D eigenvalue weighted by atomic mass is 9.96. The number of esters is 1. The third kappa shape index (κ3) is 11.9. The van der Waals surface area contributed by atoms with Crippen molar-refractivity contribution in [3.8, 4) is 11.5 Å². The summed E-state index contributed by atoms with van der Waals surface area (Å²) in [6.07, 6.45) is 7.91. The van der Waals surface area contributed by atoms with Crippen molar-refractivity contribution in [2.45, 2.75) is 64.8 Å². The van der Waals surface area contributed by atoms with Gasteiger partial charge >= 0.3 is 11.9 Å². The molecule has 0 radical (unpaired) electrons. The highest BCUT2D eigenvalue weighted by molar-refractivity contribution is 5.97. The SMILES string of the molecule is CCCCCCCOc1ccc(C(=O)Oc2ccc(CN(CC(=O)O)C(=O)c3ccc(NC(=O)CC4CCOCC4)cc3)cc2)cc1. The third-order valence-electron chi connectivity index (χ3n) is 7.96. The van der Waals surface area contributed by atoms with Gasteiger partial charge in [-0.15, -0.1) is 0 Å². The fourth-order valence-electron chi connectivity index (χ4n) is 5.30. The zero-order valence-corrected chi connectivity index (χ0v) is 27.0. The van der Waals surface area contributed by atoms with Crippen LogP contribution >= 0.6 is 0 Å². The fraction of sp³-hybridized carbons (Fsp3) is 0.405. The average molecular weight is 645 g/mol. The molecule has 3 aromatic carbocycles. The van der Waals surface area contributed by atoms with Crippen LogP contribution in [0, 0.1) is 5.92 Å². The van der Waals surface area contributed by atoms with Crippen molar-refractivity contribution in [3.05, 3.63) is 89.5 Å². The highest BCUT2D eigenvalue weighted by atomic mass is 16.5. The second-order valence-corrected chi connectivity index (χ2v) is 11.8. The Morgan fingerprint density at radius 2 is 1.47 bits per heavy atom. The molecule has 3 aromatic rings. The highest BCUT2D eigenvalue weighted by Crippen LogP contribution is 2.21. The van der Waals surface area contributed by atoms with Gasteiger partial charge in [-0.3, -0.25) is 14.4 Å². The van der Waals surface area contributed by atoms with E-state index in [9.17, 15) is 24.3 Å². The molecule has 10 heteroatoms. The number of aliphatic carboxylic acids is 1. The van der Waals surface area contributed by atoms with Gasteiger partial charge < -0.3 is 29.5 Å². The van der Waals surface area contributed by atoms with E-state index in [4.69, 9.17) is 14.2 Å². The van der Waals surface area contributed by atoms with Crippen LogP contribution < -0.4 is 14.8 Å². The summed E-state index contributed by atoms with van der Waals surface area (Å²) in [5.41, 5.74) is 1.90. The number of nitrogens with one attached hydrogen (secondary N) is 1. The van der Waals surface area contributed by atoms with Crippen molar-refractivity contribution in [2.24, 2.45) is 5.92 Å². The van der Waals surface area contributed by atoms with Crippen molar-refractivity contribution >= 4 is 29.4 Å². The Morgan fingerprint density at radius 1 is 0.830 bits per heavy atom. The molecule has 1 heterocycles. The number of nitrogens with zero attached hydrogens (tertiary/aromatic N) is 1. The van der Waals surface area contributed by atoms with Crippen LogP contribution in [0.2, 0.25) is 0 Å². The first-order valence-electron chi connectivity index (χ1n) is 16.3. The number of carbonyl (C=O) groups is 4. The first-order valence-corrected chi connectivity index (χ1v) is 16.3. The van der Waals surface area contributed by atoms with Gasteiger partial charge in [0.2, 0.25) is 5.91 Å². The second kappa shape index (κ2) is 18.4. The Hall–Kier alpha value is -4.70. The van der Waals surface area contributed by atoms with Crippen molar-refractivity contribution in [2.75, 3.05) is 31.7 Å². The van der Waals surface area contributed by atoms with Crippen molar-refractivity contribution in [1.82, 2.24) is 4.90 Å². The number of ether oxygens (including phenoxy) is 3. The van der Waals surface area contributed by atoms with Crippen LogP contribution in [0.5, 0.6) is 11.5 Å². The van der Waals surface area contributed by atoms with Crippen LogP contribution in [0.1, 0.15) is 84.6 Å². The standard InChI is InChI=1S/C37H44N2O8/c1-2-3-4-5-6-21-46-32-17-11-30(12-18-32)37(44)47-33-15-7-28(8-16-33)25-39(26-35(41)42)36(43)29-9-13-31(14-10-29)38-34(40)24-27-19-22-45-23-20-27/h7-18,27H,2-6,19-26H2,1H3,(H,38,40)(H,41,42). The molecule has 0 spiro atoms. The molecule has 0 unspecified atom stereocenters. The normalized spacial score (nSPS) is 13.0. The van der Waals surface area contributed by atoms with Crippen LogP contribution in [0.25, 0.3) is 0 Å². The van der Waals surface area contributed by atoms with Gasteiger partial charge in [0.25, 0.3) is 5.91 Å². The number of carbonyl (C=O) groups excluding carboxylic acids is 3. The second-order valence-electron chi connectivity index (χ2n) is 11.8. The number of unbranched alkanes of at least 4 members (excludes halogenated alkanes) is 4. The topological polar surface area (TPSA) is 131 Å². The Balaban J connectivity index is 1.28. The molecule has 250 valence electrons. The first-order chi connectivity index (χ1) is 22.8. The molecule has 2 N–H and O–H groups in total. The van der Waals surface area contributed by atoms with Gasteiger partial charge in [-0.05, 0) is 91.4 Å². The third-order valence-corrected chi connectivity index (χ3v) is 7.96. The lowest BCUT2D eigenvalue weighted by Gasteiger charge is -2.22. The molecule has 0 aliphatic carbocycles. The van der Waals surface area contributed by atoms with Gasteiger partial charge in [-0.25, -0.2) is 4.79 Å². The van der Waals surface area contributed by atoms with Crippen molar-refractivity contribution in [1.29, 1.82) is 0 Å². The minimum Gasteiger partial charge on any atom is -0.494 e.